The van der Waals surface area contributed by atoms with Crippen LogP contribution in [-0.4, -0.2) is 59.5 Å². The summed E-state index contributed by atoms with van der Waals surface area (Å²) in [5.74, 6) is 0.117. The second-order valence-electron chi connectivity index (χ2n) is 6.81. The van der Waals surface area contributed by atoms with Crippen molar-refractivity contribution in [1.82, 2.24) is 20.0 Å². The number of ether oxygens (including phenoxy) is 1. The molecule has 2 unspecified atom stereocenters. The lowest BCUT2D eigenvalue weighted by Crippen LogP contribution is -2.53. The van der Waals surface area contributed by atoms with Crippen molar-refractivity contribution in [3.8, 4) is 0 Å². The minimum atomic E-state index is -0.102. The van der Waals surface area contributed by atoms with Crippen molar-refractivity contribution in [3.63, 3.8) is 0 Å². The third kappa shape index (κ3) is 5.05. The van der Waals surface area contributed by atoms with Crippen LogP contribution in [0.15, 0.2) is 6.07 Å². The molecule has 1 N–H and O–H groups in total. The molecule has 0 saturated carbocycles. The molecule has 24 heavy (non-hydrogen) atoms. The number of aromatic nitrogens is 2. The molecule has 0 spiro atoms. The molecule has 0 aliphatic carbocycles. The van der Waals surface area contributed by atoms with Gasteiger partial charge in [0.15, 0.2) is 0 Å². The zero-order valence-electron chi connectivity index (χ0n) is 15.5. The number of hydrogen-bond acceptors (Lipinski definition) is 4. The zero-order chi connectivity index (χ0) is 17.5. The lowest BCUT2D eigenvalue weighted by atomic mass is 9.99. The molecule has 1 fully saturated rings. The fourth-order valence-electron chi connectivity index (χ4n) is 3.51. The van der Waals surface area contributed by atoms with Gasteiger partial charge in [0.25, 0.3) is 0 Å². The summed E-state index contributed by atoms with van der Waals surface area (Å²) in [5, 5.41) is 7.62. The SMILES string of the molecule is COCCCNC(=O)C(C)N1CCCCC1Cn1nc(C)cc1C. The number of carbonyl (C=O) groups is 1. The maximum atomic E-state index is 12.5. The van der Waals surface area contributed by atoms with Gasteiger partial charge in [-0.3, -0.25) is 14.4 Å². The maximum Gasteiger partial charge on any atom is 0.237 e. The molecule has 1 aliphatic rings. The molecule has 0 radical (unpaired) electrons. The van der Waals surface area contributed by atoms with Gasteiger partial charge in [-0.1, -0.05) is 6.42 Å². The van der Waals surface area contributed by atoms with Crippen LogP contribution >= 0.6 is 0 Å². The molecule has 1 saturated heterocycles. The van der Waals surface area contributed by atoms with Gasteiger partial charge in [-0.15, -0.1) is 0 Å². The Morgan fingerprint density at radius 1 is 1.46 bits per heavy atom. The molecule has 2 rings (SSSR count). The number of rotatable bonds is 8. The Morgan fingerprint density at radius 2 is 2.25 bits per heavy atom. The van der Waals surface area contributed by atoms with Gasteiger partial charge >= 0.3 is 0 Å². The summed E-state index contributed by atoms with van der Waals surface area (Å²) in [4.78, 5) is 14.8. The van der Waals surface area contributed by atoms with E-state index in [1.54, 1.807) is 7.11 Å². The zero-order valence-corrected chi connectivity index (χ0v) is 15.5. The first-order valence-corrected chi connectivity index (χ1v) is 9.06. The van der Waals surface area contributed by atoms with Crippen LogP contribution in [0.2, 0.25) is 0 Å². The number of aryl methyl sites for hydroxylation is 2. The predicted molar refractivity (Wildman–Crippen MR) is 95.0 cm³/mol. The number of nitrogens with zero attached hydrogens (tertiary/aromatic N) is 3. The molecule has 6 heteroatoms. The van der Waals surface area contributed by atoms with Crippen molar-refractivity contribution >= 4 is 5.91 Å². The van der Waals surface area contributed by atoms with E-state index in [1.165, 1.54) is 12.1 Å². The van der Waals surface area contributed by atoms with Gasteiger partial charge in [0.05, 0.1) is 18.3 Å². The van der Waals surface area contributed by atoms with E-state index < -0.39 is 0 Å². The highest BCUT2D eigenvalue weighted by Gasteiger charge is 2.30. The van der Waals surface area contributed by atoms with Gasteiger partial charge in [-0.2, -0.15) is 5.10 Å². The quantitative estimate of drug-likeness (QED) is 0.737. The van der Waals surface area contributed by atoms with Crippen LogP contribution in [0.4, 0.5) is 0 Å². The number of likely N-dealkylation sites (tertiary alicyclic amines) is 1. The number of carbonyl (C=O) groups excluding carboxylic acids is 1. The van der Waals surface area contributed by atoms with Crippen LogP contribution in [0.3, 0.4) is 0 Å². The van der Waals surface area contributed by atoms with E-state index in [0.29, 0.717) is 19.2 Å². The summed E-state index contributed by atoms with van der Waals surface area (Å²) in [6, 6.07) is 2.38. The molecule has 0 aromatic carbocycles. The van der Waals surface area contributed by atoms with E-state index in [0.717, 1.165) is 38.0 Å². The van der Waals surface area contributed by atoms with Crippen LogP contribution in [0, 0.1) is 13.8 Å². The topological polar surface area (TPSA) is 59.4 Å². The van der Waals surface area contributed by atoms with Crippen molar-refractivity contribution < 1.29 is 9.53 Å². The summed E-state index contributed by atoms with van der Waals surface area (Å²) in [6.45, 7) is 9.34. The minimum absolute atomic E-state index is 0.102. The second kappa shape index (κ2) is 9.18. The molecule has 1 amide bonds. The highest BCUT2D eigenvalue weighted by Crippen LogP contribution is 2.21. The third-order valence-corrected chi connectivity index (χ3v) is 4.86. The van der Waals surface area contributed by atoms with Crippen molar-refractivity contribution in [2.75, 3.05) is 26.8 Å². The molecular weight excluding hydrogens is 304 g/mol. The molecule has 2 heterocycles. The molecule has 1 aromatic heterocycles. The van der Waals surface area contributed by atoms with E-state index in [-0.39, 0.29) is 11.9 Å². The van der Waals surface area contributed by atoms with E-state index in [4.69, 9.17) is 4.74 Å². The van der Waals surface area contributed by atoms with Gasteiger partial charge < -0.3 is 10.1 Å². The van der Waals surface area contributed by atoms with Crippen molar-refractivity contribution in [3.05, 3.63) is 17.5 Å². The second-order valence-corrected chi connectivity index (χ2v) is 6.81. The molecule has 136 valence electrons. The van der Waals surface area contributed by atoms with Gasteiger partial charge in [0.1, 0.15) is 0 Å². The first-order valence-electron chi connectivity index (χ1n) is 9.06. The molecule has 2 atom stereocenters. The van der Waals surface area contributed by atoms with E-state index in [1.807, 2.05) is 13.8 Å². The summed E-state index contributed by atoms with van der Waals surface area (Å²) < 4.78 is 7.11. The first kappa shape index (κ1) is 18.9. The van der Waals surface area contributed by atoms with Crippen LogP contribution in [0.1, 0.15) is 44.0 Å². The average Bonchev–Trinajstić information content (AvgIpc) is 2.88. The van der Waals surface area contributed by atoms with Crippen LogP contribution in [0.5, 0.6) is 0 Å². The molecule has 1 aromatic rings. The number of hydrogen-bond donors (Lipinski definition) is 1. The largest absolute Gasteiger partial charge is 0.385 e. The van der Waals surface area contributed by atoms with Gasteiger partial charge in [-0.05, 0) is 52.6 Å². The molecular formula is C18H32N4O2. The van der Waals surface area contributed by atoms with E-state index in [2.05, 4.69) is 33.0 Å². The Hall–Kier alpha value is -1.40. The summed E-state index contributed by atoms with van der Waals surface area (Å²) in [5.41, 5.74) is 2.24. The summed E-state index contributed by atoms with van der Waals surface area (Å²) in [7, 11) is 1.68. The van der Waals surface area contributed by atoms with Crippen LogP contribution in [0.25, 0.3) is 0 Å². The summed E-state index contributed by atoms with van der Waals surface area (Å²) >= 11 is 0. The third-order valence-electron chi connectivity index (χ3n) is 4.86. The van der Waals surface area contributed by atoms with Gasteiger partial charge in [0.2, 0.25) is 5.91 Å². The normalized spacial score (nSPS) is 20.1. The Kier molecular flexibility index (Phi) is 7.24. The lowest BCUT2D eigenvalue weighted by molar-refractivity contribution is -0.127. The number of amides is 1. The number of methoxy groups -OCH3 is 1. The number of nitrogens with one attached hydrogen (secondary N) is 1. The van der Waals surface area contributed by atoms with Crippen molar-refractivity contribution in [2.45, 2.75) is 65.1 Å². The Morgan fingerprint density at radius 3 is 2.92 bits per heavy atom. The Labute approximate surface area is 145 Å². The van der Waals surface area contributed by atoms with Crippen molar-refractivity contribution in [2.24, 2.45) is 0 Å². The van der Waals surface area contributed by atoms with Crippen LogP contribution in [-0.2, 0) is 16.1 Å². The highest BCUT2D eigenvalue weighted by molar-refractivity contribution is 5.81. The first-order chi connectivity index (χ1) is 11.5. The molecule has 0 bridgehead atoms. The predicted octanol–water partition coefficient (Wildman–Crippen LogP) is 1.90. The molecule has 6 nitrogen and oxygen atoms in total. The van der Waals surface area contributed by atoms with Crippen molar-refractivity contribution in [1.29, 1.82) is 0 Å². The van der Waals surface area contributed by atoms with E-state index in [9.17, 15) is 4.79 Å². The smallest absolute Gasteiger partial charge is 0.237 e. The molecule has 1 aliphatic heterocycles. The lowest BCUT2D eigenvalue weighted by Gasteiger charge is -2.39. The van der Waals surface area contributed by atoms with Gasteiger partial charge in [0, 0.05) is 32.0 Å². The highest BCUT2D eigenvalue weighted by atomic mass is 16.5. The average molecular weight is 336 g/mol. The fourth-order valence-corrected chi connectivity index (χ4v) is 3.51. The van der Waals surface area contributed by atoms with E-state index >= 15 is 0 Å². The standard InChI is InChI=1S/C18H32N4O2/c1-14-12-15(2)22(20-14)13-17-8-5-6-10-21(17)16(3)18(23)19-9-7-11-24-4/h12,16-17H,5-11,13H2,1-4H3,(H,19,23). The Balaban J connectivity index is 1.94. The van der Waals surface area contributed by atoms with Gasteiger partial charge in [-0.25, -0.2) is 0 Å². The monoisotopic (exact) mass is 336 g/mol. The minimum Gasteiger partial charge on any atom is -0.385 e. The van der Waals surface area contributed by atoms with Crippen LogP contribution < -0.4 is 5.32 Å². The number of piperidine rings is 1. The maximum absolute atomic E-state index is 12.5. The fraction of sp³-hybridized carbons (Fsp3) is 0.778. The Bertz CT molecular complexity index is 529. The summed E-state index contributed by atoms with van der Waals surface area (Å²) in [6.07, 6.45) is 4.36.